The predicted octanol–water partition coefficient (Wildman–Crippen LogP) is 7.27. The van der Waals surface area contributed by atoms with Crippen molar-refractivity contribution in [2.45, 2.75) is 51.7 Å². The molecule has 6 nitrogen and oxygen atoms in total. The molecule has 0 bridgehead atoms. The van der Waals surface area contributed by atoms with E-state index in [1.165, 1.54) is 0 Å². The van der Waals surface area contributed by atoms with E-state index in [2.05, 4.69) is 5.32 Å². The summed E-state index contributed by atoms with van der Waals surface area (Å²) in [5, 5.41) is 3.49. The van der Waals surface area contributed by atoms with E-state index in [9.17, 15) is 4.79 Å². The maximum Gasteiger partial charge on any atom is 0.338 e. The molecule has 0 aliphatic carbocycles. The molecular formula is C34H35NO5. The molecule has 0 spiro atoms. The number of aryl methyl sites for hydroxylation is 1. The Kier molecular flexibility index (Phi) is 8.08. The number of methoxy groups -OCH3 is 1. The zero-order chi connectivity index (χ0) is 28.1. The normalized spacial score (nSPS) is 17.3. The lowest BCUT2D eigenvalue weighted by atomic mass is 9.87. The molecule has 1 N–H and O–H groups in total. The van der Waals surface area contributed by atoms with Gasteiger partial charge in [0, 0.05) is 17.8 Å². The van der Waals surface area contributed by atoms with Crippen LogP contribution in [0.5, 0.6) is 11.5 Å². The van der Waals surface area contributed by atoms with Crippen molar-refractivity contribution in [3.8, 4) is 11.5 Å². The van der Waals surface area contributed by atoms with Gasteiger partial charge in [0.25, 0.3) is 0 Å². The van der Waals surface area contributed by atoms with Crippen molar-refractivity contribution in [2.24, 2.45) is 0 Å². The number of nitrogens with one attached hydrogen (secondary N) is 1. The minimum absolute atomic E-state index is 0.364. The van der Waals surface area contributed by atoms with Crippen LogP contribution in [0.4, 0.5) is 5.69 Å². The molecule has 4 aromatic rings. The van der Waals surface area contributed by atoms with Crippen LogP contribution in [0.3, 0.4) is 0 Å². The lowest BCUT2D eigenvalue weighted by molar-refractivity contribution is -0.143. The van der Waals surface area contributed by atoms with Gasteiger partial charge >= 0.3 is 5.97 Å². The second kappa shape index (κ2) is 11.8. The Morgan fingerprint density at radius 1 is 0.900 bits per heavy atom. The molecule has 0 aromatic heterocycles. The van der Waals surface area contributed by atoms with Crippen LogP contribution in [0.1, 0.15) is 52.6 Å². The van der Waals surface area contributed by atoms with Crippen LogP contribution in [0, 0.1) is 6.92 Å². The van der Waals surface area contributed by atoms with E-state index in [-0.39, 0.29) is 0 Å². The number of hydrogen-bond donors (Lipinski definition) is 1. The molecule has 6 heteroatoms. The van der Waals surface area contributed by atoms with Crippen LogP contribution in [0.2, 0.25) is 0 Å². The molecule has 2 unspecified atom stereocenters. The highest BCUT2D eigenvalue weighted by atomic mass is 16.6. The van der Waals surface area contributed by atoms with Gasteiger partial charge in [-0.25, -0.2) is 4.79 Å². The van der Waals surface area contributed by atoms with Crippen LogP contribution in [-0.4, -0.2) is 24.8 Å². The summed E-state index contributed by atoms with van der Waals surface area (Å²) in [6.07, 6.45) is -1.23. The third-order valence-electron chi connectivity index (χ3n) is 7.10. The molecule has 2 atom stereocenters. The summed E-state index contributed by atoms with van der Waals surface area (Å²) >= 11 is 0. The van der Waals surface area contributed by atoms with Crippen molar-refractivity contribution < 1.29 is 23.7 Å². The fourth-order valence-electron chi connectivity index (χ4n) is 4.80. The van der Waals surface area contributed by atoms with Gasteiger partial charge in [0.1, 0.15) is 23.2 Å². The van der Waals surface area contributed by atoms with Gasteiger partial charge in [-0.1, -0.05) is 60.2 Å². The van der Waals surface area contributed by atoms with Crippen LogP contribution < -0.4 is 14.8 Å². The highest BCUT2D eigenvalue weighted by molar-refractivity contribution is 5.89. The monoisotopic (exact) mass is 537 g/mol. The Labute approximate surface area is 235 Å². The van der Waals surface area contributed by atoms with Gasteiger partial charge in [0.15, 0.2) is 6.10 Å². The minimum atomic E-state index is -0.827. The molecular weight excluding hydrogens is 502 g/mol. The second-order valence-electron chi connectivity index (χ2n) is 10.6. The minimum Gasteiger partial charge on any atom is -0.497 e. The lowest BCUT2D eigenvalue weighted by Crippen LogP contribution is -2.51. The number of rotatable bonds is 9. The van der Waals surface area contributed by atoms with E-state index in [0.29, 0.717) is 24.5 Å². The van der Waals surface area contributed by atoms with E-state index in [1.807, 2.05) is 106 Å². The molecule has 0 radical (unpaired) electrons. The Bertz CT molecular complexity index is 1430. The topological polar surface area (TPSA) is 66.0 Å². The zero-order valence-corrected chi connectivity index (χ0v) is 23.3. The molecule has 0 saturated carbocycles. The molecule has 0 amide bonds. The van der Waals surface area contributed by atoms with Crippen molar-refractivity contribution in [3.05, 3.63) is 125 Å². The Balaban J connectivity index is 1.43. The van der Waals surface area contributed by atoms with Crippen LogP contribution in [0.25, 0.3) is 0 Å². The fraction of sp³-hybridized carbons (Fsp3) is 0.265. The van der Waals surface area contributed by atoms with Crippen molar-refractivity contribution in [1.82, 2.24) is 0 Å². The first-order valence-electron chi connectivity index (χ1n) is 13.5. The number of anilines is 1. The summed E-state index contributed by atoms with van der Waals surface area (Å²) < 4.78 is 24.4. The molecule has 0 saturated heterocycles. The number of benzene rings is 4. The van der Waals surface area contributed by atoms with E-state index in [0.717, 1.165) is 33.7 Å². The summed E-state index contributed by atoms with van der Waals surface area (Å²) in [5.74, 6) is 1.12. The van der Waals surface area contributed by atoms with Gasteiger partial charge in [-0.3, -0.25) is 0 Å². The van der Waals surface area contributed by atoms with Gasteiger partial charge in [0.05, 0.1) is 19.3 Å². The van der Waals surface area contributed by atoms with E-state index >= 15 is 0 Å². The van der Waals surface area contributed by atoms with Crippen molar-refractivity contribution in [2.75, 3.05) is 12.4 Å². The van der Waals surface area contributed by atoms with E-state index < -0.39 is 23.8 Å². The summed E-state index contributed by atoms with van der Waals surface area (Å²) in [7, 11) is 1.66. The second-order valence-corrected chi connectivity index (χ2v) is 10.6. The van der Waals surface area contributed by atoms with Gasteiger partial charge in [-0.2, -0.15) is 0 Å². The average Bonchev–Trinajstić information content (AvgIpc) is 2.97. The molecule has 1 heterocycles. The first-order valence-corrected chi connectivity index (χ1v) is 13.5. The highest BCUT2D eigenvalue weighted by Gasteiger charge is 2.47. The summed E-state index contributed by atoms with van der Waals surface area (Å²) in [6.45, 7) is 6.84. The van der Waals surface area contributed by atoms with E-state index in [1.54, 1.807) is 19.2 Å². The summed E-state index contributed by atoms with van der Waals surface area (Å²) in [5.41, 5.74) is 4.64. The average molecular weight is 538 g/mol. The van der Waals surface area contributed by atoms with Gasteiger partial charge in [-0.15, -0.1) is 0 Å². The Morgan fingerprint density at radius 3 is 2.33 bits per heavy atom. The SMILES string of the molecule is COc1ccc(CNc2ccc3c(c2)C(OCc2ccccc2)C(OC(=O)c2ccc(C)cc2)C(C)(C)O3)cc1. The number of hydrogen-bond acceptors (Lipinski definition) is 6. The first-order chi connectivity index (χ1) is 19.3. The predicted molar refractivity (Wildman–Crippen MR) is 156 cm³/mol. The first kappa shape index (κ1) is 27.3. The summed E-state index contributed by atoms with van der Waals surface area (Å²) in [6, 6.07) is 31.3. The molecule has 1 aliphatic heterocycles. The molecule has 0 fully saturated rings. The van der Waals surface area contributed by atoms with Crippen LogP contribution in [0.15, 0.2) is 97.1 Å². The van der Waals surface area contributed by atoms with E-state index in [4.69, 9.17) is 18.9 Å². The van der Waals surface area contributed by atoms with Crippen LogP contribution >= 0.6 is 0 Å². The number of ether oxygens (including phenoxy) is 4. The maximum atomic E-state index is 13.3. The van der Waals surface area contributed by atoms with Crippen molar-refractivity contribution in [1.29, 1.82) is 0 Å². The third kappa shape index (κ3) is 6.29. The van der Waals surface area contributed by atoms with Crippen molar-refractivity contribution in [3.63, 3.8) is 0 Å². The summed E-state index contributed by atoms with van der Waals surface area (Å²) in [4.78, 5) is 13.3. The zero-order valence-electron chi connectivity index (χ0n) is 23.3. The fourth-order valence-corrected chi connectivity index (χ4v) is 4.80. The van der Waals surface area contributed by atoms with Gasteiger partial charge < -0.3 is 24.3 Å². The number of carbonyl (C=O) groups is 1. The van der Waals surface area contributed by atoms with Crippen LogP contribution in [-0.2, 0) is 22.6 Å². The molecule has 206 valence electrons. The number of fused-ring (bicyclic) bond motifs is 1. The van der Waals surface area contributed by atoms with Gasteiger partial charge in [0.2, 0.25) is 0 Å². The smallest absolute Gasteiger partial charge is 0.338 e. The molecule has 1 aliphatic rings. The molecule has 4 aromatic carbocycles. The molecule has 40 heavy (non-hydrogen) atoms. The maximum absolute atomic E-state index is 13.3. The standard InChI is InChI=1S/C34H35NO5/c1-23-10-14-26(15-11-23)33(36)39-32-31(38-22-25-8-6-5-7-9-25)29-20-27(16-19-30(29)40-34(32,2)3)35-21-24-12-17-28(37-4)18-13-24/h5-20,31-32,35H,21-22H2,1-4H3. The Hall–Kier alpha value is -4.29. The highest BCUT2D eigenvalue weighted by Crippen LogP contribution is 2.45. The Morgan fingerprint density at radius 2 is 1.62 bits per heavy atom. The number of carbonyl (C=O) groups excluding carboxylic acids is 1. The quantitative estimate of drug-likeness (QED) is 0.227. The lowest BCUT2D eigenvalue weighted by Gasteiger charge is -2.43. The largest absolute Gasteiger partial charge is 0.497 e. The van der Waals surface area contributed by atoms with Crippen molar-refractivity contribution >= 4 is 11.7 Å². The number of esters is 1. The third-order valence-corrected chi connectivity index (χ3v) is 7.10. The molecule has 5 rings (SSSR count). The van der Waals surface area contributed by atoms with Gasteiger partial charge in [-0.05, 0) is 74.4 Å².